The van der Waals surface area contributed by atoms with Crippen LogP contribution in [0.5, 0.6) is 11.5 Å². The minimum absolute atomic E-state index is 0.0577. The van der Waals surface area contributed by atoms with Gasteiger partial charge in [0, 0.05) is 11.8 Å². The van der Waals surface area contributed by atoms with E-state index in [0.29, 0.717) is 16.5 Å². The van der Waals surface area contributed by atoms with E-state index >= 15 is 0 Å². The summed E-state index contributed by atoms with van der Waals surface area (Å²) in [5, 5.41) is 9.79. The topological polar surface area (TPSA) is 59.4 Å². The van der Waals surface area contributed by atoms with Gasteiger partial charge in [0.15, 0.2) is 5.78 Å². The second kappa shape index (κ2) is 4.55. The average molecular weight is 276 g/mol. The fourth-order valence-electron chi connectivity index (χ4n) is 2.08. The van der Waals surface area contributed by atoms with Crippen molar-refractivity contribution in [2.45, 2.75) is 12.5 Å². The smallest absolute Gasteiger partial charge is 0.170 e. The highest BCUT2D eigenvalue weighted by atomic mass is 35.5. The van der Waals surface area contributed by atoms with Gasteiger partial charge in [0.2, 0.25) is 0 Å². The summed E-state index contributed by atoms with van der Waals surface area (Å²) in [6.07, 6.45) is 1.46. The number of pyridine rings is 1. The van der Waals surface area contributed by atoms with Crippen LogP contribution in [0.3, 0.4) is 0 Å². The number of aromatic nitrogens is 1. The third-order valence-electron chi connectivity index (χ3n) is 3.03. The molecule has 1 N–H and O–H groups in total. The van der Waals surface area contributed by atoms with Crippen molar-refractivity contribution in [3.63, 3.8) is 0 Å². The van der Waals surface area contributed by atoms with Crippen molar-refractivity contribution in [2.24, 2.45) is 0 Å². The molecule has 0 fully saturated rings. The maximum absolute atomic E-state index is 12.1. The van der Waals surface area contributed by atoms with Gasteiger partial charge >= 0.3 is 0 Å². The molecule has 3 rings (SSSR count). The number of carbonyl (C=O) groups is 1. The van der Waals surface area contributed by atoms with Gasteiger partial charge in [-0.05, 0) is 24.3 Å². The maximum atomic E-state index is 12.1. The number of nitrogens with zero attached hydrogens (tertiary/aromatic N) is 1. The minimum atomic E-state index is -0.366. The van der Waals surface area contributed by atoms with Gasteiger partial charge in [-0.25, -0.2) is 4.98 Å². The van der Waals surface area contributed by atoms with Crippen molar-refractivity contribution in [3.8, 4) is 11.5 Å². The van der Waals surface area contributed by atoms with Crippen LogP contribution >= 0.6 is 11.6 Å². The Bertz CT molecular complexity index is 640. The third kappa shape index (κ3) is 2.27. The zero-order valence-electron chi connectivity index (χ0n) is 9.84. The number of ether oxygens (including phenoxy) is 1. The van der Waals surface area contributed by atoms with Gasteiger partial charge in [0.25, 0.3) is 0 Å². The Morgan fingerprint density at radius 1 is 1.32 bits per heavy atom. The summed E-state index contributed by atoms with van der Waals surface area (Å²) in [4.78, 5) is 16.0. The van der Waals surface area contributed by atoms with E-state index in [1.54, 1.807) is 24.4 Å². The highest BCUT2D eigenvalue weighted by Crippen LogP contribution is 2.36. The molecule has 96 valence electrons. The third-order valence-corrected chi connectivity index (χ3v) is 3.25. The van der Waals surface area contributed by atoms with Gasteiger partial charge in [-0.2, -0.15) is 0 Å². The van der Waals surface area contributed by atoms with E-state index in [4.69, 9.17) is 16.3 Å². The SMILES string of the molecule is O=C1C[C@H](c2ccc(Cl)nc2)Oc2ccc(O)cc21. The molecule has 5 heteroatoms. The van der Waals surface area contributed by atoms with Crippen molar-refractivity contribution < 1.29 is 14.6 Å². The average Bonchev–Trinajstić information content (AvgIpc) is 2.40. The van der Waals surface area contributed by atoms with Crippen molar-refractivity contribution >= 4 is 17.4 Å². The lowest BCUT2D eigenvalue weighted by Gasteiger charge is -2.25. The molecule has 0 bridgehead atoms. The normalized spacial score (nSPS) is 17.7. The maximum Gasteiger partial charge on any atom is 0.170 e. The van der Waals surface area contributed by atoms with Crippen LogP contribution < -0.4 is 4.74 Å². The van der Waals surface area contributed by atoms with Gasteiger partial charge in [0.05, 0.1) is 12.0 Å². The fraction of sp³-hybridized carbons (Fsp3) is 0.143. The molecule has 1 aromatic carbocycles. The largest absolute Gasteiger partial charge is 0.508 e. The molecule has 2 aromatic rings. The standard InChI is InChI=1S/C14H10ClNO3/c15-14-4-1-8(7-16-14)13-6-11(18)10-5-9(17)2-3-12(10)19-13/h1-5,7,13,17H,6H2/t13-/m1/s1. The molecule has 19 heavy (non-hydrogen) atoms. The summed E-state index contributed by atoms with van der Waals surface area (Å²) in [5.41, 5.74) is 1.22. The van der Waals surface area contributed by atoms with Gasteiger partial charge in [-0.3, -0.25) is 4.79 Å². The number of Topliss-reactive ketones (excluding diaryl/α,β-unsaturated/α-hetero) is 1. The molecule has 0 amide bonds. The van der Waals surface area contributed by atoms with Crippen LogP contribution in [0.2, 0.25) is 5.15 Å². The van der Waals surface area contributed by atoms with E-state index < -0.39 is 0 Å². The van der Waals surface area contributed by atoms with Gasteiger partial charge in [-0.1, -0.05) is 17.7 Å². The Morgan fingerprint density at radius 2 is 2.16 bits per heavy atom. The zero-order chi connectivity index (χ0) is 13.4. The molecule has 0 unspecified atom stereocenters. The molecule has 1 atom stereocenters. The Morgan fingerprint density at radius 3 is 2.89 bits per heavy atom. The quantitative estimate of drug-likeness (QED) is 0.812. The molecule has 0 saturated heterocycles. The molecule has 4 nitrogen and oxygen atoms in total. The second-order valence-corrected chi connectivity index (χ2v) is 4.72. The molecule has 0 saturated carbocycles. The molecule has 1 aromatic heterocycles. The number of fused-ring (bicyclic) bond motifs is 1. The van der Waals surface area contributed by atoms with E-state index in [1.165, 1.54) is 12.1 Å². The molecule has 1 aliphatic rings. The number of halogens is 1. The Kier molecular flexibility index (Phi) is 2.87. The van der Waals surface area contributed by atoms with Crippen LogP contribution in [0, 0.1) is 0 Å². The van der Waals surface area contributed by atoms with Crippen molar-refractivity contribution in [1.29, 1.82) is 0 Å². The Balaban J connectivity index is 1.95. The lowest BCUT2D eigenvalue weighted by Crippen LogP contribution is -2.20. The van der Waals surface area contributed by atoms with Crippen LogP contribution in [-0.2, 0) is 0 Å². The lowest BCUT2D eigenvalue weighted by molar-refractivity contribution is 0.0849. The zero-order valence-corrected chi connectivity index (χ0v) is 10.6. The number of carbonyl (C=O) groups excluding carboxylic acids is 1. The van der Waals surface area contributed by atoms with Crippen LogP contribution in [0.25, 0.3) is 0 Å². The summed E-state index contributed by atoms with van der Waals surface area (Å²) < 4.78 is 5.77. The first-order chi connectivity index (χ1) is 9.13. The number of aromatic hydroxyl groups is 1. The number of hydrogen-bond donors (Lipinski definition) is 1. The molecular formula is C14H10ClNO3. The highest BCUT2D eigenvalue weighted by Gasteiger charge is 2.28. The predicted octanol–water partition coefficient (Wildman–Crippen LogP) is 3.15. The molecule has 0 spiro atoms. The van der Waals surface area contributed by atoms with Crippen LogP contribution in [0.15, 0.2) is 36.5 Å². The van der Waals surface area contributed by atoms with E-state index in [-0.39, 0.29) is 24.1 Å². The summed E-state index contributed by atoms with van der Waals surface area (Å²) in [7, 11) is 0. The fourth-order valence-corrected chi connectivity index (χ4v) is 2.19. The van der Waals surface area contributed by atoms with Crippen LogP contribution in [0.1, 0.15) is 28.4 Å². The Hall–Kier alpha value is -2.07. The summed E-state index contributed by atoms with van der Waals surface area (Å²) in [6, 6.07) is 7.97. The summed E-state index contributed by atoms with van der Waals surface area (Å²) in [6.45, 7) is 0. The number of phenolic OH excluding ortho intramolecular Hbond substituents is 1. The van der Waals surface area contributed by atoms with E-state index in [0.717, 1.165) is 5.56 Å². The molecule has 2 heterocycles. The van der Waals surface area contributed by atoms with Crippen LogP contribution in [-0.4, -0.2) is 15.9 Å². The van der Waals surface area contributed by atoms with Gasteiger partial charge in [-0.15, -0.1) is 0 Å². The molecule has 1 aliphatic heterocycles. The van der Waals surface area contributed by atoms with Gasteiger partial charge in [0.1, 0.15) is 22.8 Å². The number of phenols is 1. The summed E-state index contributed by atoms with van der Waals surface area (Å²) in [5.74, 6) is 0.480. The van der Waals surface area contributed by atoms with Crippen LogP contribution in [0.4, 0.5) is 0 Å². The first-order valence-corrected chi connectivity index (χ1v) is 6.15. The van der Waals surface area contributed by atoms with Crippen molar-refractivity contribution in [3.05, 3.63) is 52.8 Å². The minimum Gasteiger partial charge on any atom is -0.508 e. The molecular weight excluding hydrogens is 266 g/mol. The van der Waals surface area contributed by atoms with Crippen molar-refractivity contribution in [1.82, 2.24) is 4.98 Å². The number of hydrogen-bond acceptors (Lipinski definition) is 4. The second-order valence-electron chi connectivity index (χ2n) is 4.33. The first kappa shape index (κ1) is 12.0. The first-order valence-electron chi connectivity index (χ1n) is 5.78. The van der Waals surface area contributed by atoms with E-state index in [9.17, 15) is 9.90 Å². The predicted molar refractivity (Wildman–Crippen MR) is 69.7 cm³/mol. The van der Waals surface area contributed by atoms with E-state index in [2.05, 4.69) is 4.98 Å². The monoisotopic (exact) mass is 275 g/mol. The number of benzene rings is 1. The lowest BCUT2D eigenvalue weighted by atomic mass is 9.97. The van der Waals surface area contributed by atoms with Gasteiger partial charge < -0.3 is 9.84 Å². The highest BCUT2D eigenvalue weighted by molar-refractivity contribution is 6.29. The number of ketones is 1. The van der Waals surface area contributed by atoms with Crippen molar-refractivity contribution in [2.75, 3.05) is 0 Å². The van der Waals surface area contributed by atoms with E-state index in [1.807, 2.05) is 0 Å². The number of rotatable bonds is 1. The summed E-state index contributed by atoms with van der Waals surface area (Å²) >= 11 is 5.73. The Labute approximate surface area is 114 Å². The molecule has 0 aliphatic carbocycles. The molecule has 0 radical (unpaired) electrons.